The first-order valence-electron chi connectivity index (χ1n) is 4.85. The quantitative estimate of drug-likeness (QED) is 0.585. The van der Waals surface area contributed by atoms with E-state index in [4.69, 9.17) is 0 Å². The van der Waals surface area contributed by atoms with Crippen LogP contribution in [0.4, 0.5) is 0 Å². The summed E-state index contributed by atoms with van der Waals surface area (Å²) in [6, 6.07) is 9.46. The maximum atomic E-state index is 11.5. The molecule has 0 heterocycles. The van der Waals surface area contributed by atoms with E-state index < -0.39 is 0 Å². The SMILES string of the molecule is CNN(C[C]=O)C(=O)C=Cc1ccccc1. The maximum Gasteiger partial charge on any atom is 0.261 e. The van der Waals surface area contributed by atoms with Crippen LogP contribution in [0.15, 0.2) is 36.4 Å². The molecule has 16 heavy (non-hydrogen) atoms. The van der Waals surface area contributed by atoms with Gasteiger partial charge in [-0.25, -0.2) is 5.43 Å². The molecule has 4 heteroatoms. The molecule has 0 fully saturated rings. The monoisotopic (exact) mass is 217 g/mol. The Labute approximate surface area is 94.5 Å². The first kappa shape index (κ1) is 12.1. The average Bonchev–Trinajstić information content (AvgIpc) is 2.34. The Morgan fingerprint density at radius 2 is 2.12 bits per heavy atom. The van der Waals surface area contributed by atoms with E-state index in [0.717, 1.165) is 5.56 Å². The van der Waals surface area contributed by atoms with Gasteiger partial charge in [0.15, 0.2) is 0 Å². The molecule has 1 aromatic carbocycles. The summed E-state index contributed by atoms with van der Waals surface area (Å²) in [4.78, 5) is 21.7. The van der Waals surface area contributed by atoms with E-state index in [1.807, 2.05) is 30.3 Å². The summed E-state index contributed by atoms with van der Waals surface area (Å²) in [5.74, 6) is -0.283. The van der Waals surface area contributed by atoms with Crippen molar-refractivity contribution in [3.8, 4) is 0 Å². The minimum absolute atomic E-state index is 0.0888. The Balaban J connectivity index is 2.63. The Morgan fingerprint density at radius 3 is 2.69 bits per heavy atom. The fourth-order valence-electron chi connectivity index (χ4n) is 1.15. The Bertz CT molecular complexity index is 374. The van der Waals surface area contributed by atoms with E-state index in [-0.39, 0.29) is 12.5 Å². The molecule has 4 nitrogen and oxygen atoms in total. The molecule has 0 aliphatic carbocycles. The van der Waals surface area contributed by atoms with Gasteiger partial charge in [0.25, 0.3) is 5.91 Å². The van der Waals surface area contributed by atoms with Crippen molar-refractivity contribution in [1.29, 1.82) is 0 Å². The normalized spacial score (nSPS) is 10.3. The number of rotatable bonds is 5. The van der Waals surface area contributed by atoms with Crippen LogP contribution in [0.3, 0.4) is 0 Å². The number of carbonyl (C=O) groups excluding carboxylic acids is 2. The topological polar surface area (TPSA) is 49.4 Å². The van der Waals surface area contributed by atoms with Crippen molar-refractivity contribution in [2.45, 2.75) is 0 Å². The van der Waals surface area contributed by atoms with E-state index in [1.165, 1.54) is 11.1 Å². The van der Waals surface area contributed by atoms with E-state index in [1.54, 1.807) is 19.4 Å². The van der Waals surface area contributed by atoms with Gasteiger partial charge in [-0.05, 0) is 11.6 Å². The van der Waals surface area contributed by atoms with E-state index in [2.05, 4.69) is 5.43 Å². The molecule has 1 aromatic rings. The molecule has 1 radical (unpaired) electrons. The molecule has 1 rings (SSSR count). The van der Waals surface area contributed by atoms with Crippen LogP contribution in [0.25, 0.3) is 6.08 Å². The molecule has 0 aromatic heterocycles. The van der Waals surface area contributed by atoms with Crippen molar-refractivity contribution in [2.75, 3.05) is 13.6 Å². The fourth-order valence-corrected chi connectivity index (χ4v) is 1.15. The third-order valence-electron chi connectivity index (χ3n) is 1.98. The lowest BCUT2D eigenvalue weighted by atomic mass is 10.2. The second-order valence-electron chi connectivity index (χ2n) is 3.04. The second-order valence-corrected chi connectivity index (χ2v) is 3.04. The fraction of sp³-hybridized carbons (Fsp3) is 0.167. The van der Waals surface area contributed by atoms with Gasteiger partial charge in [0, 0.05) is 13.1 Å². The van der Waals surface area contributed by atoms with Crippen LogP contribution in [-0.4, -0.2) is 30.8 Å². The van der Waals surface area contributed by atoms with Gasteiger partial charge in [-0.2, -0.15) is 0 Å². The summed E-state index contributed by atoms with van der Waals surface area (Å²) in [6.07, 6.45) is 4.75. The highest BCUT2D eigenvalue weighted by atomic mass is 16.2. The molecule has 0 bridgehead atoms. The lowest BCUT2D eigenvalue weighted by Crippen LogP contribution is -2.40. The lowest BCUT2D eigenvalue weighted by Gasteiger charge is -2.15. The van der Waals surface area contributed by atoms with Crippen molar-refractivity contribution in [1.82, 2.24) is 10.4 Å². The van der Waals surface area contributed by atoms with Crippen molar-refractivity contribution >= 4 is 18.3 Å². The average molecular weight is 217 g/mol. The molecule has 0 saturated carbocycles. The highest BCUT2D eigenvalue weighted by molar-refractivity contribution is 5.92. The van der Waals surface area contributed by atoms with Gasteiger partial charge >= 0.3 is 0 Å². The van der Waals surface area contributed by atoms with Gasteiger partial charge in [0.2, 0.25) is 6.29 Å². The van der Waals surface area contributed by atoms with E-state index in [0.29, 0.717) is 0 Å². The Kier molecular flexibility index (Phi) is 4.95. The second kappa shape index (κ2) is 6.53. The molecule has 0 unspecified atom stereocenters. The molecule has 1 amide bonds. The smallest absolute Gasteiger partial charge is 0.261 e. The Hall–Kier alpha value is -1.94. The molecular formula is C12H13N2O2. The summed E-state index contributed by atoms with van der Waals surface area (Å²) in [5, 5.41) is 1.17. The number of hydrogen-bond acceptors (Lipinski definition) is 3. The van der Waals surface area contributed by atoms with Gasteiger partial charge in [-0.3, -0.25) is 14.6 Å². The van der Waals surface area contributed by atoms with Crippen LogP contribution >= 0.6 is 0 Å². The molecule has 0 aliphatic rings. The van der Waals surface area contributed by atoms with Crippen molar-refractivity contribution in [2.24, 2.45) is 0 Å². The van der Waals surface area contributed by atoms with Gasteiger partial charge in [-0.15, -0.1) is 0 Å². The summed E-state index contributed by atoms with van der Waals surface area (Å²) in [7, 11) is 1.57. The number of carbonyl (C=O) groups is 1. The molecule has 0 spiro atoms. The summed E-state index contributed by atoms with van der Waals surface area (Å²) >= 11 is 0. The zero-order chi connectivity index (χ0) is 11.8. The standard InChI is InChI=1S/C12H13N2O2/c1-13-14(9-10-15)12(16)8-7-11-5-3-2-4-6-11/h2-8,13H,9H2,1H3. The predicted molar refractivity (Wildman–Crippen MR) is 61.9 cm³/mol. The van der Waals surface area contributed by atoms with Crippen LogP contribution < -0.4 is 5.43 Å². The van der Waals surface area contributed by atoms with E-state index in [9.17, 15) is 9.59 Å². The number of nitrogens with one attached hydrogen (secondary N) is 1. The van der Waals surface area contributed by atoms with Crippen LogP contribution in [0.2, 0.25) is 0 Å². The van der Waals surface area contributed by atoms with Crippen molar-refractivity contribution in [3.05, 3.63) is 42.0 Å². The van der Waals surface area contributed by atoms with Gasteiger partial charge in [-0.1, -0.05) is 30.3 Å². The lowest BCUT2D eigenvalue weighted by molar-refractivity contribution is -0.127. The number of amides is 1. The molecular weight excluding hydrogens is 204 g/mol. The van der Waals surface area contributed by atoms with Crippen molar-refractivity contribution in [3.63, 3.8) is 0 Å². The third-order valence-corrected chi connectivity index (χ3v) is 1.98. The molecule has 0 saturated heterocycles. The number of nitrogens with zero attached hydrogens (tertiary/aromatic N) is 1. The van der Waals surface area contributed by atoms with Crippen LogP contribution in [-0.2, 0) is 9.59 Å². The van der Waals surface area contributed by atoms with Crippen LogP contribution in [0.1, 0.15) is 5.56 Å². The van der Waals surface area contributed by atoms with E-state index >= 15 is 0 Å². The number of benzene rings is 1. The highest BCUT2D eigenvalue weighted by Gasteiger charge is 2.06. The van der Waals surface area contributed by atoms with Crippen molar-refractivity contribution < 1.29 is 9.59 Å². The third kappa shape index (κ3) is 3.67. The molecule has 0 aliphatic heterocycles. The van der Waals surface area contributed by atoms with Gasteiger partial charge in [0.1, 0.15) is 6.54 Å². The zero-order valence-electron chi connectivity index (χ0n) is 9.01. The minimum Gasteiger partial charge on any atom is -0.289 e. The highest BCUT2D eigenvalue weighted by Crippen LogP contribution is 2.01. The summed E-state index contributed by atoms with van der Waals surface area (Å²) in [5.41, 5.74) is 3.54. The molecule has 1 N–H and O–H groups in total. The molecule has 0 atom stereocenters. The summed E-state index contributed by atoms with van der Waals surface area (Å²) in [6.45, 7) is -0.0888. The minimum atomic E-state index is -0.283. The first-order chi connectivity index (χ1) is 7.77. The Morgan fingerprint density at radius 1 is 1.44 bits per heavy atom. The number of hydrazine groups is 1. The maximum absolute atomic E-state index is 11.5. The van der Waals surface area contributed by atoms with Gasteiger partial charge in [0.05, 0.1) is 0 Å². The zero-order valence-corrected chi connectivity index (χ0v) is 9.01. The largest absolute Gasteiger partial charge is 0.289 e. The summed E-state index contributed by atoms with van der Waals surface area (Å²) < 4.78 is 0. The van der Waals surface area contributed by atoms with Crippen LogP contribution in [0.5, 0.6) is 0 Å². The predicted octanol–water partition coefficient (Wildman–Crippen LogP) is 0.772. The van der Waals surface area contributed by atoms with Gasteiger partial charge < -0.3 is 0 Å². The first-order valence-corrected chi connectivity index (χ1v) is 4.85. The number of hydrogen-bond donors (Lipinski definition) is 1. The molecule has 83 valence electrons. The van der Waals surface area contributed by atoms with Crippen LogP contribution in [0, 0.1) is 0 Å².